The molecular weight excluding hydrogens is 442 g/mol. The fourth-order valence-corrected chi connectivity index (χ4v) is 4.19. The summed E-state index contributed by atoms with van der Waals surface area (Å²) in [5.41, 5.74) is 9.58. The van der Waals surface area contributed by atoms with Crippen molar-refractivity contribution in [1.29, 1.82) is 0 Å². The van der Waals surface area contributed by atoms with Gasteiger partial charge in [0.2, 0.25) is 5.91 Å². The molecule has 0 saturated carbocycles. The first kappa shape index (κ1) is 24.3. The van der Waals surface area contributed by atoms with Crippen LogP contribution >= 0.6 is 12.4 Å². The average Bonchev–Trinajstić information content (AvgIpc) is 3.21. The van der Waals surface area contributed by atoms with E-state index in [0.717, 1.165) is 22.6 Å². The minimum Gasteiger partial charge on any atom is -0.465 e. The quantitative estimate of drug-likeness (QED) is 0.597. The molecule has 0 radical (unpaired) electrons. The molecule has 1 fully saturated rings. The third kappa shape index (κ3) is 5.35. The second kappa shape index (κ2) is 10.5. The number of carbonyl (C=O) groups is 2. The van der Waals surface area contributed by atoms with Crippen LogP contribution in [0.15, 0.2) is 66.7 Å². The van der Waals surface area contributed by atoms with Gasteiger partial charge in [0.1, 0.15) is 0 Å². The highest BCUT2D eigenvalue weighted by Crippen LogP contribution is 2.28. The maximum Gasteiger partial charge on any atom is 0.407 e. The van der Waals surface area contributed by atoms with Crippen LogP contribution in [0.2, 0.25) is 0 Å². The van der Waals surface area contributed by atoms with Crippen molar-refractivity contribution < 1.29 is 14.7 Å². The summed E-state index contributed by atoms with van der Waals surface area (Å²) in [6, 6.07) is 19.9. The molecule has 1 aliphatic rings. The predicted octanol–water partition coefficient (Wildman–Crippen LogP) is 3.04. The highest BCUT2D eigenvalue weighted by molar-refractivity contribution is 5.85. The van der Waals surface area contributed by atoms with Crippen LogP contribution in [0.25, 0.3) is 5.69 Å². The number of benzene rings is 2. The summed E-state index contributed by atoms with van der Waals surface area (Å²) in [4.78, 5) is 28.2. The van der Waals surface area contributed by atoms with E-state index in [1.165, 1.54) is 4.90 Å². The Balaban J connectivity index is 0.00000306. The van der Waals surface area contributed by atoms with Crippen LogP contribution in [0, 0.1) is 6.92 Å². The van der Waals surface area contributed by atoms with Gasteiger partial charge in [0, 0.05) is 19.6 Å². The van der Waals surface area contributed by atoms with Crippen molar-refractivity contribution in [2.24, 2.45) is 5.73 Å². The molecule has 2 atom stereocenters. The van der Waals surface area contributed by atoms with E-state index in [1.54, 1.807) is 9.58 Å². The minimum atomic E-state index is -1.02. The Morgan fingerprint density at radius 2 is 1.73 bits per heavy atom. The Bertz CT molecular complexity index is 1090. The molecule has 2 heterocycles. The van der Waals surface area contributed by atoms with E-state index in [2.05, 4.69) is 5.10 Å². The molecule has 1 unspecified atom stereocenters. The van der Waals surface area contributed by atoms with Gasteiger partial charge in [-0.25, -0.2) is 9.48 Å². The van der Waals surface area contributed by atoms with Crippen molar-refractivity contribution >= 4 is 24.4 Å². The lowest BCUT2D eigenvalue weighted by Crippen LogP contribution is -2.56. The van der Waals surface area contributed by atoms with Crippen LogP contribution in [-0.4, -0.2) is 62.4 Å². The summed E-state index contributed by atoms with van der Waals surface area (Å²) < 4.78 is 1.76. The van der Waals surface area contributed by atoms with E-state index in [4.69, 9.17) is 5.73 Å². The van der Waals surface area contributed by atoms with Crippen LogP contribution in [0.3, 0.4) is 0 Å². The van der Waals surface area contributed by atoms with Gasteiger partial charge in [-0.15, -0.1) is 12.4 Å². The average molecular weight is 470 g/mol. The number of carboxylic acid groups (broad SMARTS) is 1. The van der Waals surface area contributed by atoms with Crippen LogP contribution in [0.1, 0.15) is 23.0 Å². The number of amides is 2. The van der Waals surface area contributed by atoms with Gasteiger partial charge < -0.3 is 15.7 Å². The second-order valence-electron chi connectivity index (χ2n) is 8.03. The lowest BCUT2D eigenvalue weighted by Gasteiger charge is -2.40. The van der Waals surface area contributed by atoms with E-state index < -0.39 is 18.2 Å². The fraction of sp³-hybridized carbons (Fsp3) is 0.292. The maximum atomic E-state index is 13.1. The first-order valence-electron chi connectivity index (χ1n) is 10.6. The van der Waals surface area contributed by atoms with E-state index in [1.807, 2.05) is 73.7 Å². The summed E-state index contributed by atoms with van der Waals surface area (Å²) >= 11 is 0. The van der Waals surface area contributed by atoms with Gasteiger partial charge in [0.05, 0.1) is 29.2 Å². The van der Waals surface area contributed by atoms with Crippen LogP contribution in [-0.2, 0) is 11.2 Å². The van der Waals surface area contributed by atoms with Crippen LogP contribution < -0.4 is 5.73 Å². The Labute approximate surface area is 199 Å². The Hall–Kier alpha value is -3.36. The molecule has 2 aromatic carbocycles. The topological polar surface area (TPSA) is 105 Å². The summed E-state index contributed by atoms with van der Waals surface area (Å²) in [6.07, 6.45) is -0.584. The SMILES string of the molecule is Cc1cc([C@@H]2CN(C(=O)C(N)Cc3ccccc3)CCN2C(=O)O)n(-c2ccccc2)n1.Cl. The van der Waals surface area contributed by atoms with Gasteiger partial charge in [-0.05, 0) is 37.1 Å². The molecule has 1 aliphatic heterocycles. The third-order valence-electron chi connectivity index (χ3n) is 5.75. The number of halogens is 1. The molecule has 0 spiro atoms. The van der Waals surface area contributed by atoms with Crippen molar-refractivity contribution in [3.8, 4) is 5.69 Å². The molecule has 1 aromatic heterocycles. The largest absolute Gasteiger partial charge is 0.465 e. The zero-order valence-electron chi connectivity index (χ0n) is 18.4. The third-order valence-corrected chi connectivity index (χ3v) is 5.75. The monoisotopic (exact) mass is 469 g/mol. The lowest BCUT2D eigenvalue weighted by molar-refractivity contribution is -0.135. The Morgan fingerprint density at radius 3 is 2.36 bits per heavy atom. The lowest BCUT2D eigenvalue weighted by atomic mass is 10.0. The molecular formula is C24H28ClN5O3. The van der Waals surface area contributed by atoms with Crippen LogP contribution in [0.4, 0.5) is 4.79 Å². The number of aromatic nitrogens is 2. The first-order chi connectivity index (χ1) is 15.4. The second-order valence-corrected chi connectivity index (χ2v) is 8.03. The number of nitrogens with two attached hydrogens (primary N) is 1. The highest BCUT2D eigenvalue weighted by atomic mass is 35.5. The van der Waals surface area contributed by atoms with Crippen molar-refractivity contribution in [2.75, 3.05) is 19.6 Å². The molecule has 174 valence electrons. The molecule has 4 rings (SSSR count). The van der Waals surface area contributed by atoms with Gasteiger partial charge in [0.15, 0.2) is 0 Å². The summed E-state index contributed by atoms with van der Waals surface area (Å²) in [5.74, 6) is -0.175. The van der Waals surface area contributed by atoms with Crippen LogP contribution in [0.5, 0.6) is 0 Å². The summed E-state index contributed by atoms with van der Waals surface area (Å²) in [6.45, 7) is 2.62. The van der Waals surface area contributed by atoms with E-state index in [9.17, 15) is 14.7 Å². The smallest absolute Gasteiger partial charge is 0.407 e. The number of rotatable bonds is 5. The normalized spacial score (nSPS) is 16.7. The molecule has 0 bridgehead atoms. The van der Waals surface area contributed by atoms with Gasteiger partial charge in [-0.2, -0.15) is 5.10 Å². The van der Waals surface area contributed by atoms with Gasteiger partial charge in [-0.3, -0.25) is 9.69 Å². The maximum absolute atomic E-state index is 13.1. The summed E-state index contributed by atoms with van der Waals surface area (Å²) in [7, 11) is 0. The number of para-hydroxylation sites is 1. The van der Waals surface area contributed by atoms with E-state index in [-0.39, 0.29) is 31.4 Å². The molecule has 1 saturated heterocycles. The molecule has 3 aromatic rings. The molecule has 9 heteroatoms. The number of carbonyl (C=O) groups excluding carboxylic acids is 1. The van der Waals surface area contributed by atoms with E-state index in [0.29, 0.717) is 13.0 Å². The van der Waals surface area contributed by atoms with Gasteiger partial charge in [0.25, 0.3) is 0 Å². The van der Waals surface area contributed by atoms with Crippen molar-refractivity contribution in [3.05, 3.63) is 83.7 Å². The number of hydrogen-bond acceptors (Lipinski definition) is 4. The van der Waals surface area contributed by atoms with E-state index >= 15 is 0 Å². The van der Waals surface area contributed by atoms with Crippen molar-refractivity contribution in [2.45, 2.75) is 25.4 Å². The molecule has 2 amide bonds. The number of aryl methyl sites for hydroxylation is 1. The molecule has 8 nitrogen and oxygen atoms in total. The Morgan fingerprint density at radius 1 is 1.09 bits per heavy atom. The molecule has 3 N–H and O–H groups in total. The summed E-state index contributed by atoms with van der Waals surface area (Å²) in [5, 5.41) is 14.4. The minimum absolute atomic E-state index is 0. The predicted molar refractivity (Wildman–Crippen MR) is 128 cm³/mol. The number of hydrogen-bond donors (Lipinski definition) is 2. The van der Waals surface area contributed by atoms with Crippen molar-refractivity contribution in [1.82, 2.24) is 19.6 Å². The zero-order valence-corrected chi connectivity index (χ0v) is 19.2. The number of nitrogens with zero attached hydrogens (tertiary/aromatic N) is 4. The standard InChI is InChI=1S/C24H27N5O3.ClH/c1-17-14-21(29(26-17)19-10-6-3-7-11-19)22-16-27(12-13-28(22)24(31)32)23(30)20(25)15-18-8-4-2-5-9-18;/h2-11,14,20,22H,12-13,15-16,25H2,1H3,(H,31,32);1H/t20?,22-;/m0./s1. The first-order valence-corrected chi connectivity index (χ1v) is 10.6. The fourth-order valence-electron chi connectivity index (χ4n) is 4.19. The highest BCUT2D eigenvalue weighted by Gasteiger charge is 2.37. The zero-order chi connectivity index (χ0) is 22.7. The Kier molecular flexibility index (Phi) is 7.73. The van der Waals surface area contributed by atoms with Gasteiger partial charge >= 0.3 is 6.09 Å². The van der Waals surface area contributed by atoms with Gasteiger partial charge in [-0.1, -0.05) is 48.5 Å². The molecule has 0 aliphatic carbocycles. The number of piperazine rings is 1. The van der Waals surface area contributed by atoms with Crippen molar-refractivity contribution in [3.63, 3.8) is 0 Å². The molecule has 33 heavy (non-hydrogen) atoms.